The van der Waals surface area contributed by atoms with Crippen LogP contribution < -0.4 is 5.32 Å². The molecule has 1 aromatic rings. The zero-order valence-corrected chi connectivity index (χ0v) is 16.8. The second-order valence-electron chi connectivity index (χ2n) is 7.70. The van der Waals surface area contributed by atoms with Gasteiger partial charge in [-0.15, -0.1) is 0 Å². The van der Waals surface area contributed by atoms with Crippen LogP contribution in [0.2, 0.25) is 0 Å². The first kappa shape index (κ1) is 19.8. The van der Waals surface area contributed by atoms with Gasteiger partial charge in [0.1, 0.15) is 5.54 Å². The molecule has 1 unspecified atom stereocenters. The highest BCUT2D eigenvalue weighted by Crippen LogP contribution is 2.27. The molecular formula is C18H26N4O4S. The number of carbonyl (C=O) groups is 2. The van der Waals surface area contributed by atoms with Crippen LogP contribution in [0.15, 0.2) is 18.3 Å². The molecule has 0 radical (unpaired) electrons. The number of sulfonamides is 1. The maximum absolute atomic E-state index is 12.9. The fourth-order valence-corrected chi connectivity index (χ4v) is 4.58. The number of hydrogen-bond donors (Lipinski definition) is 1. The predicted octanol–water partition coefficient (Wildman–Crippen LogP) is 0.571. The third kappa shape index (κ3) is 3.98. The van der Waals surface area contributed by atoms with Crippen LogP contribution >= 0.6 is 0 Å². The van der Waals surface area contributed by atoms with Crippen LogP contribution in [0.3, 0.4) is 0 Å². The van der Waals surface area contributed by atoms with Crippen LogP contribution in [0.1, 0.15) is 48.7 Å². The molecule has 1 N–H and O–H groups in total. The molecule has 8 nitrogen and oxygen atoms in total. The van der Waals surface area contributed by atoms with E-state index in [1.807, 2.05) is 0 Å². The lowest BCUT2D eigenvalue weighted by Gasteiger charge is -2.41. The van der Waals surface area contributed by atoms with Crippen molar-refractivity contribution in [2.24, 2.45) is 0 Å². The standard InChI is InChI=1S/C18H26N4O4S/c1-18(2)17(24)19-8-10-22(18)16(23)13-6-7-15(20-11-13)14-5-4-9-21(12-14)27(3,25)26/h6-7,11,14H,4-5,8-10,12H2,1-3H3,(H,19,24). The SMILES string of the molecule is CC1(C)C(=O)NCCN1C(=O)c1ccc(C2CCCN(S(C)(=O)=O)C2)nc1. The Labute approximate surface area is 160 Å². The van der Waals surface area contributed by atoms with Gasteiger partial charge in [-0.05, 0) is 38.8 Å². The fourth-order valence-electron chi connectivity index (χ4n) is 3.67. The van der Waals surface area contributed by atoms with E-state index >= 15 is 0 Å². The summed E-state index contributed by atoms with van der Waals surface area (Å²) in [4.78, 5) is 30.9. The molecule has 1 aromatic heterocycles. The van der Waals surface area contributed by atoms with Crippen molar-refractivity contribution in [2.45, 2.75) is 38.1 Å². The first-order valence-electron chi connectivity index (χ1n) is 9.12. The minimum atomic E-state index is -3.21. The summed E-state index contributed by atoms with van der Waals surface area (Å²) in [5.41, 5.74) is 0.306. The Morgan fingerprint density at radius 2 is 2.04 bits per heavy atom. The average molecular weight is 394 g/mol. The number of piperazine rings is 1. The monoisotopic (exact) mass is 394 g/mol. The highest BCUT2D eigenvalue weighted by molar-refractivity contribution is 7.88. The van der Waals surface area contributed by atoms with Crippen LogP contribution in [-0.2, 0) is 14.8 Å². The number of nitrogens with one attached hydrogen (secondary N) is 1. The summed E-state index contributed by atoms with van der Waals surface area (Å²) in [7, 11) is -3.21. The molecule has 0 aliphatic carbocycles. The van der Waals surface area contributed by atoms with Crippen LogP contribution in [0.5, 0.6) is 0 Å². The fraction of sp³-hybridized carbons (Fsp3) is 0.611. The van der Waals surface area contributed by atoms with Crippen molar-refractivity contribution in [1.82, 2.24) is 19.5 Å². The van der Waals surface area contributed by atoms with Crippen molar-refractivity contribution in [2.75, 3.05) is 32.4 Å². The summed E-state index contributed by atoms with van der Waals surface area (Å²) in [6, 6.07) is 3.51. The van der Waals surface area contributed by atoms with Crippen LogP contribution in [0.25, 0.3) is 0 Å². The molecule has 27 heavy (non-hydrogen) atoms. The molecule has 9 heteroatoms. The lowest BCUT2D eigenvalue weighted by molar-refractivity contribution is -0.133. The molecule has 0 aromatic carbocycles. The maximum Gasteiger partial charge on any atom is 0.256 e. The molecule has 2 saturated heterocycles. The van der Waals surface area contributed by atoms with Gasteiger partial charge in [-0.3, -0.25) is 14.6 Å². The Morgan fingerprint density at radius 1 is 1.30 bits per heavy atom. The number of carbonyl (C=O) groups excluding carboxylic acids is 2. The third-order valence-corrected chi connectivity index (χ3v) is 6.67. The normalized spacial score (nSPS) is 23.7. The van der Waals surface area contributed by atoms with Crippen molar-refractivity contribution < 1.29 is 18.0 Å². The summed E-state index contributed by atoms with van der Waals surface area (Å²) >= 11 is 0. The first-order chi connectivity index (χ1) is 12.6. The summed E-state index contributed by atoms with van der Waals surface area (Å²) in [5, 5.41) is 2.77. The van der Waals surface area contributed by atoms with E-state index in [2.05, 4.69) is 10.3 Å². The number of pyridine rings is 1. The van der Waals surface area contributed by atoms with Crippen molar-refractivity contribution in [3.05, 3.63) is 29.6 Å². The average Bonchev–Trinajstić information content (AvgIpc) is 2.63. The molecule has 2 fully saturated rings. The minimum absolute atomic E-state index is 0.0230. The van der Waals surface area contributed by atoms with Gasteiger partial charge in [0.15, 0.2) is 0 Å². The number of hydrogen-bond acceptors (Lipinski definition) is 5. The molecule has 3 rings (SSSR count). The summed E-state index contributed by atoms with van der Waals surface area (Å²) < 4.78 is 25.1. The molecule has 0 saturated carbocycles. The Morgan fingerprint density at radius 3 is 2.67 bits per heavy atom. The number of piperidine rings is 1. The van der Waals surface area contributed by atoms with E-state index in [9.17, 15) is 18.0 Å². The van der Waals surface area contributed by atoms with Gasteiger partial charge in [-0.1, -0.05) is 0 Å². The topological polar surface area (TPSA) is 99.7 Å². The van der Waals surface area contributed by atoms with Crippen LogP contribution in [0, 0.1) is 0 Å². The van der Waals surface area contributed by atoms with E-state index in [0.29, 0.717) is 31.7 Å². The predicted molar refractivity (Wildman–Crippen MR) is 101 cm³/mol. The summed E-state index contributed by atoms with van der Waals surface area (Å²) in [5.74, 6) is -0.375. The van der Waals surface area contributed by atoms with E-state index in [-0.39, 0.29) is 17.7 Å². The van der Waals surface area contributed by atoms with E-state index in [1.54, 1.807) is 30.9 Å². The Hall–Kier alpha value is -2.00. The number of rotatable bonds is 3. The number of amides is 2. The highest BCUT2D eigenvalue weighted by atomic mass is 32.2. The molecule has 2 aliphatic rings. The number of aromatic nitrogens is 1. The minimum Gasteiger partial charge on any atom is -0.352 e. The largest absolute Gasteiger partial charge is 0.352 e. The van der Waals surface area contributed by atoms with Gasteiger partial charge in [0.05, 0.1) is 11.8 Å². The van der Waals surface area contributed by atoms with Gasteiger partial charge >= 0.3 is 0 Å². The summed E-state index contributed by atoms with van der Waals surface area (Å²) in [6.07, 6.45) is 4.41. The number of nitrogens with zero attached hydrogens (tertiary/aromatic N) is 3. The van der Waals surface area contributed by atoms with Crippen LogP contribution in [-0.4, -0.2) is 72.4 Å². The highest BCUT2D eigenvalue weighted by Gasteiger charge is 2.40. The second kappa shape index (κ2) is 7.20. The quantitative estimate of drug-likeness (QED) is 0.808. The van der Waals surface area contributed by atoms with Crippen LogP contribution in [0.4, 0.5) is 0 Å². The molecule has 3 heterocycles. The molecule has 0 spiro atoms. The molecule has 1 atom stereocenters. The van der Waals surface area contributed by atoms with Gasteiger partial charge in [0, 0.05) is 44.0 Å². The Kier molecular flexibility index (Phi) is 5.27. The van der Waals surface area contributed by atoms with Gasteiger partial charge in [-0.2, -0.15) is 0 Å². The zero-order valence-electron chi connectivity index (χ0n) is 15.9. The Balaban J connectivity index is 1.75. The second-order valence-corrected chi connectivity index (χ2v) is 9.69. The van der Waals surface area contributed by atoms with E-state index < -0.39 is 15.6 Å². The smallest absolute Gasteiger partial charge is 0.256 e. The van der Waals surface area contributed by atoms with Gasteiger partial charge in [0.2, 0.25) is 15.9 Å². The van der Waals surface area contributed by atoms with Crippen molar-refractivity contribution in [3.63, 3.8) is 0 Å². The van der Waals surface area contributed by atoms with Gasteiger partial charge in [0.25, 0.3) is 5.91 Å². The van der Waals surface area contributed by atoms with E-state index in [1.165, 1.54) is 16.8 Å². The zero-order chi connectivity index (χ0) is 19.8. The lowest BCUT2D eigenvalue weighted by atomic mass is 9.95. The molecule has 2 aliphatic heterocycles. The first-order valence-corrected chi connectivity index (χ1v) is 11.0. The molecule has 148 valence electrons. The third-order valence-electron chi connectivity index (χ3n) is 5.40. The lowest BCUT2D eigenvalue weighted by Crippen LogP contribution is -2.63. The van der Waals surface area contributed by atoms with Crippen molar-refractivity contribution in [3.8, 4) is 0 Å². The maximum atomic E-state index is 12.9. The molecule has 0 bridgehead atoms. The Bertz CT molecular complexity index is 835. The molecular weight excluding hydrogens is 368 g/mol. The summed E-state index contributed by atoms with van der Waals surface area (Å²) in [6.45, 7) is 5.29. The molecule has 2 amide bonds. The van der Waals surface area contributed by atoms with E-state index in [0.717, 1.165) is 18.5 Å². The van der Waals surface area contributed by atoms with E-state index in [4.69, 9.17) is 0 Å². The van der Waals surface area contributed by atoms with Gasteiger partial charge in [-0.25, -0.2) is 12.7 Å². The van der Waals surface area contributed by atoms with Crippen molar-refractivity contribution >= 4 is 21.8 Å². The van der Waals surface area contributed by atoms with Crippen molar-refractivity contribution in [1.29, 1.82) is 0 Å². The van der Waals surface area contributed by atoms with Gasteiger partial charge < -0.3 is 10.2 Å².